The SMILES string of the molecule is Fc1[c-]c(F)c2c(F)c(F)c(F)c(F)c2c1F.[Cl-].[Zn+2]. The fraction of sp³-hybridized carbons (Fsp3) is 0. The summed E-state index contributed by atoms with van der Waals surface area (Å²) in [5.74, 6) is -14.9. The van der Waals surface area contributed by atoms with E-state index in [0.717, 1.165) is 6.07 Å². The molecule has 0 aliphatic carbocycles. The first kappa shape index (κ1) is 18.1. The number of hydrogen-bond donors (Lipinski definition) is 0. The van der Waals surface area contributed by atoms with Gasteiger partial charge in [0.05, 0.1) is 5.82 Å². The van der Waals surface area contributed by atoms with Crippen molar-refractivity contribution in [2.24, 2.45) is 0 Å². The van der Waals surface area contributed by atoms with Gasteiger partial charge in [0.2, 0.25) is 0 Å². The van der Waals surface area contributed by atoms with E-state index in [9.17, 15) is 30.7 Å². The Balaban J connectivity index is 0.00000162. The standard InChI is InChI=1S/C10F7.ClH.Zn/c11-2-1-3(12)6(13)5-4(2)7(14)9(16)10(17)8(5)15;;/h;1H;/q-1;;+2/p-1. The van der Waals surface area contributed by atoms with Crippen molar-refractivity contribution >= 4 is 10.8 Å². The van der Waals surface area contributed by atoms with Crippen LogP contribution in [0.1, 0.15) is 0 Å². The van der Waals surface area contributed by atoms with Crippen LogP contribution in [-0.2, 0) is 19.5 Å². The van der Waals surface area contributed by atoms with E-state index in [1.807, 2.05) is 0 Å². The van der Waals surface area contributed by atoms with E-state index in [4.69, 9.17) is 0 Å². The molecule has 0 unspecified atom stereocenters. The fourth-order valence-electron chi connectivity index (χ4n) is 1.37. The van der Waals surface area contributed by atoms with Crippen molar-refractivity contribution in [2.45, 2.75) is 0 Å². The summed E-state index contributed by atoms with van der Waals surface area (Å²) in [5, 5.41) is -3.16. The van der Waals surface area contributed by atoms with Crippen LogP contribution in [0.2, 0.25) is 0 Å². The van der Waals surface area contributed by atoms with Gasteiger partial charge in [-0.3, -0.25) is 4.39 Å². The van der Waals surface area contributed by atoms with Gasteiger partial charge in [0.25, 0.3) is 0 Å². The van der Waals surface area contributed by atoms with Crippen molar-refractivity contribution < 1.29 is 62.6 Å². The smallest absolute Gasteiger partial charge is 1.00 e. The van der Waals surface area contributed by atoms with Crippen molar-refractivity contribution in [3.8, 4) is 0 Å². The molecular weight excluding hydrogens is 354 g/mol. The number of halogens is 8. The predicted molar refractivity (Wildman–Crippen MR) is 42.5 cm³/mol. The van der Waals surface area contributed by atoms with Crippen LogP contribution in [0.4, 0.5) is 30.7 Å². The second-order valence-electron chi connectivity index (χ2n) is 3.07. The molecule has 2 rings (SSSR count). The van der Waals surface area contributed by atoms with Gasteiger partial charge in [-0.05, 0) is 10.8 Å². The molecule has 98 valence electrons. The molecule has 0 amide bonds. The van der Waals surface area contributed by atoms with Crippen LogP contribution in [0.25, 0.3) is 10.8 Å². The maximum absolute atomic E-state index is 13.1. The van der Waals surface area contributed by atoms with Crippen LogP contribution in [0.15, 0.2) is 0 Å². The Hall–Kier alpha value is -0.877. The molecule has 2 aromatic carbocycles. The molecule has 0 aliphatic rings. The largest absolute Gasteiger partial charge is 2.00 e. The third-order valence-electron chi connectivity index (χ3n) is 2.12. The quantitative estimate of drug-likeness (QED) is 0.214. The summed E-state index contributed by atoms with van der Waals surface area (Å²) in [6.45, 7) is 0. The van der Waals surface area contributed by atoms with Crippen molar-refractivity contribution in [3.63, 3.8) is 0 Å². The van der Waals surface area contributed by atoms with Gasteiger partial charge >= 0.3 is 19.5 Å². The number of rotatable bonds is 0. The van der Waals surface area contributed by atoms with Crippen LogP contribution in [0.3, 0.4) is 0 Å². The first-order valence-corrected chi connectivity index (χ1v) is 4.07. The summed E-state index contributed by atoms with van der Waals surface area (Å²) >= 11 is 0. The van der Waals surface area contributed by atoms with E-state index < -0.39 is 51.5 Å². The molecule has 0 N–H and O–H groups in total. The van der Waals surface area contributed by atoms with Gasteiger partial charge in [0, 0.05) is 11.6 Å². The summed E-state index contributed by atoms with van der Waals surface area (Å²) in [6, 6.07) is 1.09. The third-order valence-corrected chi connectivity index (χ3v) is 2.12. The van der Waals surface area contributed by atoms with Crippen LogP contribution >= 0.6 is 0 Å². The summed E-state index contributed by atoms with van der Waals surface area (Å²) in [7, 11) is 0. The zero-order chi connectivity index (χ0) is 12.9. The van der Waals surface area contributed by atoms with E-state index in [0.29, 0.717) is 0 Å². The molecule has 0 radical (unpaired) electrons. The molecule has 0 nitrogen and oxygen atoms in total. The summed E-state index contributed by atoms with van der Waals surface area (Å²) in [5.41, 5.74) is 0. The van der Waals surface area contributed by atoms with Gasteiger partial charge in [-0.25, -0.2) is 26.3 Å². The van der Waals surface area contributed by atoms with E-state index in [1.165, 1.54) is 0 Å². The van der Waals surface area contributed by atoms with Crippen LogP contribution in [-0.4, -0.2) is 0 Å². The molecule has 0 bridgehead atoms. The Morgan fingerprint density at radius 3 is 1.42 bits per heavy atom. The molecule has 0 heterocycles. The van der Waals surface area contributed by atoms with E-state index in [1.54, 1.807) is 0 Å². The molecule has 0 saturated heterocycles. The van der Waals surface area contributed by atoms with E-state index >= 15 is 0 Å². The number of benzene rings is 2. The summed E-state index contributed by atoms with van der Waals surface area (Å²) < 4.78 is 90.4. The average molecular weight is 354 g/mol. The van der Waals surface area contributed by atoms with Gasteiger partial charge in [0.1, 0.15) is 11.6 Å². The van der Waals surface area contributed by atoms with Crippen LogP contribution < -0.4 is 12.4 Å². The molecule has 0 atom stereocenters. The number of hydrogen-bond acceptors (Lipinski definition) is 0. The second-order valence-corrected chi connectivity index (χ2v) is 3.07. The minimum absolute atomic E-state index is 0. The Labute approximate surface area is 120 Å². The Morgan fingerprint density at radius 2 is 0.947 bits per heavy atom. The third kappa shape index (κ3) is 2.56. The number of fused-ring (bicyclic) bond motifs is 1. The monoisotopic (exact) mass is 352 g/mol. The normalized spacial score (nSPS) is 10.1. The molecular formula is C10ClF7Zn. The molecule has 0 aliphatic heterocycles. The topological polar surface area (TPSA) is 0 Å². The van der Waals surface area contributed by atoms with Crippen molar-refractivity contribution in [1.29, 1.82) is 0 Å². The summed E-state index contributed by atoms with van der Waals surface area (Å²) in [6.07, 6.45) is 0. The van der Waals surface area contributed by atoms with Crippen molar-refractivity contribution in [1.82, 2.24) is 0 Å². The zero-order valence-electron chi connectivity index (χ0n) is 8.73. The van der Waals surface area contributed by atoms with E-state index in [2.05, 4.69) is 0 Å². The Morgan fingerprint density at radius 1 is 0.526 bits per heavy atom. The van der Waals surface area contributed by atoms with Crippen molar-refractivity contribution in [3.05, 3.63) is 46.8 Å². The predicted octanol–water partition coefficient (Wildman–Crippen LogP) is 0.615. The fourth-order valence-corrected chi connectivity index (χ4v) is 1.37. The molecule has 0 spiro atoms. The van der Waals surface area contributed by atoms with Gasteiger partial charge in [-0.2, -0.15) is 0 Å². The first-order chi connectivity index (χ1) is 7.86. The minimum Gasteiger partial charge on any atom is -1.00 e. The zero-order valence-corrected chi connectivity index (χ0v) is 12.5. The maximum Gasteiger partial charge on any atom is 2.00 e. The van der Waals surface area contributed by atoms with Crippen LogP contribution in [0.5, 0.6) is 0 Å². The molecule has 0 fully saturated rings. The summed E-state index contributed by atoms with van der Waals surface area (Å²) in [4.78, 5) is 0. The van der Waals surface area contributed by atoms with Gasteiger partial charge in [-0.1, -0.05) is 0 Å². The second kappa shape index (κ2) is 6.05. The van der Waals surface area contributed by atoms with Gasteiger partial charge in [0.15, 0.2) is 11.6 Å². The average Bonchev–Trinajstić information content (AvgIpc) is 2.28. The van der Waals surface area contributed by atoms with Crippen molar-refractivity contribution in [2.75, 3.05) is 0 Å². The van der Waals surface area contributed by atoms with Gasteiger partial charge < -0.3 is 12.4 Å². The van der Waals surface area contributed by atoms with E-state index in [-0.39, 0.29) is 31.9 Å². The van der Waals surface area contributed by atoms with Gasteiger partial charge in [-0.15, -0.1) is 6.07 Å². The molecule has 2 aromatic rings. The molecule has 19 heavy (non-hydrogen) atoms. The molecule has 0 saturated carbocycles. The minimum atomic E-state index is -2.35. The first-order valence-electron chi connectivity index (χ1n) is 4.07. The maximum atomic E-state index is 13.1. The Bertz CT molecular complexity index is 644. The molecule has 0 aromatic heterocycles. The molecule has 9 heteroatoms. The Kier molecular flexibility index (Phi) is 5.77. The van der Waals surface area contributed by atoms with Crippen LogP contribution in [0, 0.1) is 46.8 Å².